The zero-order chi connectivity index (χ0) is 15.3. The summed E-state index contributed by atoms with van der Waals surface area (Å²) in [4.78, 5) is 23.5. The van der Waals surface area contributed by atoms with Crippen LogP contribution in [0.2, 0.25) is 0 Å². The molecule has 0 aliphatic rings. The fourth-order valence-corrected chi connectivity index (χ4v) is 1.40. The van der Waals surface area contributed by atoms with Crippen LogP contribution in [-0.2, 0) is 14.3 Å². The van der Waals surface area contributed by atoms with Crippen molar-refractivity contribution in [1.82, 2.24) is 4.90 Å². The molecule has 0 bridgehead atoms. The molecule has 0 N–H and O–H groups in total. The maximum absolute atomic E-state index is 12.4. The number of amides is 1. The number of methoxy groups -OCH3 is 1. The van der Waals surface area contributed by atoms with Crippen molar-refractivity contribution in [2.75, 3.05) is 26.1 Å². The van der Waals surface area contributed by atoms with Crippen LogP contribution in [0.4, 0.5) is 13.2 Å². The summed E-state index contributed by atoms with van der Waals surface area (Å²) >= 11 is 5.57. The molecule has 0 aromatic rings. The van der Waals surface area contributed by atoms with E-state index in [-0.39, 0.29) is 18.8 Å². The second-order valence-corrected chi connectivity index (χ2v) is 4.95. The number of hydrogen-bond donors (Lipinski definition) is 0. The van der Waals surface area contributed by atoms with Gasteiger partial charge in [0.05, 0.1) is 18.9 Å². The van der Waals surface area contributed by atoms with E-state index in [4.69, 9.17) is 11.6 Å². The Morgan fingerprint density at radius 3 is 2.16 bits per heavy atom. The van der Waals surface area contributed by atoms with E-state index in [1.165, 1.54) is 13.8 Å². The number of carbonyl (C=O) groups excluding carboxylic acids is 2. The molecule has 0 fully saturated rings. The number of alkyl halides is 4. The molecule has 0 aliphatic heterocycles. The Morgan fingerprint density at radius 2 is 1.79 bits per heavy atom. The largest absolute Gasteiger partial charge is 0.469 e. The van der Waals surface area contributed by atoms with Gasteiger partial charge in [-0.3, -0.25) is 9.59 Å². The second-order valence-electron chi connectivity index (χ2n) is 4.69. The Balaban J connectivity index is 4.86. The van der Waals surface area contributed by atoms with E-state index in [1.54, 1.807) is 0 Å². The number of ether oxygens (including phenoxy) is 1. The van der Waals surface area contributed by atoms with Crippen LogP contribution < -0.4 is 0 Å². The van der Waals surface area contributed by atoms with Crippen LogP contribution in [0.25, 0.3) is 0 Å². The van der Waals surface area contributed by atoms with Gasteiger partial charge in [-0.25, -0.2) is 0 Å². The smallest absolute Gasteiger partial charge is 0.406 e. The highest BCUT2D eigenvalue weighted by atomic mass is 35.5. The lowest BCUT2D eigenvalue weighted by Gasteiger charge is -2.31. The Kier molecular flexibility index (Phi) is 6.62. The predicted molar refractivity (Wildman–Crippen MR) is 63.8 cm³/mol. The van der Waals surface area contributed by atoms with Crippen LogP contribution in [-0.4, -0.2) is 49.0 Å². The van der Waals surface area contributed by atoms with Gasteiger partial charge in [-0.1, -0.05) is 0 Å². The van der Waals surface area contributed by atoms with Crippen molar-refractivity contribution in [3.8, 4) is 0 Å². The normalized spacial score (nSPS) is 12.2. The summed E-state index contributed by atoms with van der Waals surface area (Å²) in [6.45, 7) is 1.13. The minimum atomic E-state index is -4.53. The van der Waals surface area contributed by atoms with Gasteiger partial charge in [-0.2, -0.15) is 13.2 Å². The lowest BCUT2D eigenvalue weighted by molar-refractivity contribution is -0.167. The third-order valence-electron chi connectivity index (χ3n) is 2.38. The third kappa shape index (κ3) is 6.66. The van der Waals surface area contributed by atoms with Gasteiger partial charge in [0.1, 0.15) is 6.54 Å². The van der Waals surface area contributed by atoms with Crippen molar-refractivity contribution in [3.05, 3.63) is 0 Å². The summed E-state index contributed by atoms with van der Waals surface area (Å²) in [6.07, 6.45) is -4.83. The van der Waals surface area contributed by atoms with Crippen molar-refractivity contribution in [2.45, 2.75) is 26.4 Å². The number of nitrogens with zero attached hydrogens (tertiary/aromatic N) is 1. The minimum absolute atomic E-state index is 0.113. The van der Waals surface area contributed by atoms with Crippen LogP contribution in [0.15, 0.2) is 0 Å². The van der Waals surface area contributed by atoms with Crippen LogP contribution in [0, 0.1) is 5.41 Å². The van der Waals surface area contributed by atoms with E-state index < -0.39 is 30.0 Å². The third-order valence-corrected chi connectivity index (χ3v) is 3.05. The summed E-state index contributed by atoms with van der Waals surface area (Å²) in [5.74, 6) is -1.54. The van der Waals surface area contributed by atoms with Gasteiger partial charge in [0, 0.05) is 12.4 Å². The molecule has 0 spiro atoms. The SMILES string of the molecule is COC(=O)CCN(CC(F)(F)F)C(=O)C(C)(C)CCl. The molecule has 8 heteroatoms. The molecular weight excluding hydrogens is 287 g/mol. The van der Waals surface area contributed by atoms with E-state index in [0.29, 0.717) is 4.90 Å². The van der Waals surface area contributed by atoms with Crippen LogP contribution in [0.1, 0.15) is 20.3 Å². The Bertz CT molecular complexity index is 332. The first kappa shape index (κ1) is 18.0. The molecule has 112 valence electrons. The molecule has 0 radical (unpaired) electrons. The molecule has 4 nitrogen and oxygen atoms in total. The van der Waals surface area contributed by atoms with E-state index in [9.17, 15) is 22.8 Å². The summed E-state index contributed by atoms with van der Waals surface area (Å²) < 4.78 is 41.6. The summed E-state index contributed by atoms with van der Waals surface area (Å²) in [6, 6.07) is 0. The fraction of sp³-hybridized carbons (Fsp3) is 0.818. The van der Waals surface area contributed by atoms with Crippen molar-refractivity contribution < 1.29 is 27.5 Å². The molecular formula is C11H17ClF3NO3. The van der Waals surface area contributed by atoms with Crippen LogP contribution in [0.5, 0.6) is 0 Å². The lowest BCUT2D eigenvalue weighted by Crippen LogP contribution is -2.47. The monoisotopic (exact) mass is 303 g/mol. The number of hydrogen-bond acceptors (Lipinski definition) is 3. The first-order chi connectivity index (χ1) is 8.53. The highest BCUT2D eigenvalue weighted by Crippen LogP contribution is 2.24. The van der Waals surface area contributed by atoms with E-state index in [2.05, 4.69) is 4.74 Å². The molecule has 19 heavy (non-hydrogen) atoms. The number of carbonyl (C=O) groups is 2. The van der Waals surface area contributed by atoms with Crippen molar-refractivity contribution in [2.24, 2.45) is 5.41 Å². The highest BCUT2D eigenvalue weighted by Gasteiger charge is 2.38. The van der Waals surface area contributed by atoms with Crippen LogP contribution in [0.3, 0.4) is 0 Å². The molecule has 0 rings (SSSR count). The zero-order valence-corrected chi connectivity index (χ0v) is 11.8. The summed E-state index contributed by atoms with van der Waals surface area (Å²) in [7, 11) is 1.13. The van der Waals surface area contributed by atoms with Crippen molar-refractivity contribution in [1.29, 1.82) is 0 Å². The maximum atomic E-state index is 12.4. The van der Waals surface area contributed by atoms with Gasteiger partial charge in [-0.15, -0.1) is 11.6 Å². The van der Waals surface area contributed by atoms with Gasteiger partial charge in [-0.05, 0) is 13.8 Å². The second kappa shape index (κ2) is 6.98. The number of halogens is 4. The van der Waals surface area contributed by atoms with Gasteiger partial charge in [0.25, 0.3) is 0 Å². The molecule has 0 aliphatic carbocycles. The van der Waals surface area contributed by atoms with Gasteiger partial charge < -0.3 is 9.64 Å². The minimum Gasteiger partial charge on any atom is -0.469 e. The zero-order valence-electron chi connectivity index (χ0n) is 11.0. The molecule has 0 saturated carbocycles. The van der Waals surface area contributed by atoms with Gasteiger partial charge >= 0.3 is 12.1 Å². The molecule has 0 aromatic heterocycles. The van der Waals surface area contributed by atoms with Gasteiger partial charge in [0.2, 0.25) is 5.91 Å². The molecule has 1 amide bonds. The predicted octanol–water partition coefficient (Wildman–Crippen LogP) is 2.21. The Morgan fingerprint density at radius 1 is 1.26 bits per heavy atom. The standard InChI is InChI=1S/C11H17ClF3NO3/c1-10(2,6-12)9(18)16(7-11(13,14)15)5-4-8(17)19-3/h4-7H2,1-3H3. The Hall–Kier alpha value is -0.980. The average molecular weight is 304 g/mol. The highest BCUT2D eigenvalue weighted by molar-refractivity contribution is 6.19. The van der Waals surface area contributed by atoms with E-state index >= 15 is 0 Å². The first-order valence-corrected chi connectivity index (χ1v) is 6.06. The summed E-state index contributed by atoms with van der Waals surface area (Å²) in [5.41, 5.74) is -1.12. The maximum Gasteiger partial charge on any atom is 0.406 e. The molecule has 0 heterocycles. The topological polar surface area (TPSA) is 46.6 Å². The van der Waals surface area contributed by atoms with Crippen LogP contribution >= 0.6 is 11.6 Å². The molecule has 0 aromatic carbocycles. The average Bonchev–Trinajstić information content (AvgIpc) is 2.31. The molecule has 0 atom stereocenters. The Labute approximate surface area is 114 Å². The fourth-order valence-electron chi connectivity index (χ4n) is 1.28. The summed E-state index contributed by atoms with van der Waals surface area (Å²) in [5, 5.41) is 0. The van der Waals surface area contributed by atoms with E-state index in [1.807, 2.05) is 0 Å². The lowest BCUT2D eigenvalue weighted by atomic mass is 9.94. The first-order valence-electron chi connectivity index (χ1n) is 5.52. The van der Waals surface area contributed by atoms with Crippen molar-refractivity contribution >= 4 is 23.5 Å². The number of esters is 1. The van der Waals surface area contributed by atoms with E-state index in [0.717, 1.165) is 7.11 Å². The number of rotatable bonds is 6. The molecule has 0 saturated heterocycles. The molecule has 0 unspecified atom stereocenters. The van der Waals surface area contributed by atoms with Gasteiger partial charge in [0.15, 0.2) is 0 Å². The van der Waals surface area contributed by atoms with Crippen molar-refractivity contribution in [3.63, 3.8) is 0 Å². The quantitative estimate of drug-likeness (QED) is 0.558.